The highest BCUT2D eigenvalue weighted by Crippen LogP contribution is 2.27. The zero-order chi connectivity index (χ0) is 16.1. The SMILES string of the molecule is COc1ccc(C(=O)NCc2ccc(F)cc2F)cc1OC. The average molecular weight is 307 g/mol. The Balaban J connectivity index is 2.09. The molecular weight excluding hydrogens is 292 g/mol. The Morgan fingerprint density at radius 1 is 1.05 bits per heavy atom. The molecule has 0 aliphatic heterocycles. The number of nitrogens with one attached hydrogen (secondary N) is 1. The molecule has 0 atom stereocenters. The molecule has 116 valence electrons. The van der Waals surface area contributed by atoms with Gasteiger partial charge in [-0.3, -0.25) is 4.79 Å². The first-order valence-corrected chi connectivity index (χ1v) is 6.49. The predicted molar refractivity (Wildman–Crippen MR) is 77.1 cm³/mol. The van der Waals surface area contributed by atoms with E-state index < -0.39 is 17.5 Å². The van der Waals surface area contributed by atoms with Crippen LogP contribution in [0.3, 0.4) is 0 Å². The van der Waals surface area contributed by atoms with Gasteiger partial charge in [-0.25, -0.2) is 8.78 Å². The minimum Gasteiger partial charge on any atom is -0.493 e. The quantitative estimate of drug-likeness (QED) is 0.924. The molecule has 2 rings (SSSR count). The van der Waals surface area contributed by atoms with Crippen LogP contribution in [0.25, 0.3) is 0 Å². The van der Waals surface area contributed by atoms with Crippen LogP contribution in [0.2, 0.25) is 0 Å². The summed E-state index contributed by atoms with van der Waals surface area (Å²) in [6.07, 6.45) is 0. The van der Waals surface area contributed by atoms with Gasteiger partial charge in [0.05, 0.1) is 14.2 Å². The lowest BCUT2D eigenvalue weighted by Crippen LogP contribution is -2.23. The third kappa shape index (κ3) is 3.52. The standard InChI is InChI=1S/C16H15F2NO3/c1-21-14-6-4-10(7-15(14)22-2)16(20)19-9-11-3-5-12(17)8-13(11)18/h3-8H,9H2,1-2H3,(H,19,20). The van der Waals surface area contributed by atoms with Crippen LogP contribution in [0, 0.1) is 11.6 Å². The molecule has 0 saturated carbocycles. The van der Waals surface area contributed by atoms with Crippen molar-refractivity contribution in [2.24, 2.45) is 0 Å². The number of carbonyl (C=O) groups is 1. The second kappa shape index (κ2) is 6.89. The first kappa shape index (κ1) is 15.8. The highest BCUT2D eigenvalue weighted by molar-refractivity contribution is 5.94. The molecule has 0 saturated heterocycles. The zero-order valence-corrected chi connectivity index (χ0v) is 12.2. The molecule has 1 N–H and O–H groups in total. The Hall–Kier alpha value is -2.63. The first-order chi connectivity index (χ1) is 10.5. The predicted octanol–water partition coefficient (Wildman–Crippen LogP) is 2.91. The third-order valence-electron chi connectivity index (χ3n) is 3.10. The Labute approximate surface area is 126 Å². The molecule has 0 aromatic heterocycles. The smallest absolute Gasteiger partial charge is 0.251 e. The number of hydrogen-bond donors (Lipinski definition) is 1. The summed E-state index contributed by atoms with van der Waals surface area (Å²) in [5.74, 6) is -0.837. The molecule has 6 heteroatoms. The summed E-state index contributed by atoms with van der Waals surface area (Å²) in [6, 6.07) is 7.90. The summed E-state index contributed by atoms with van der Waals surface area (Å²) < 4.78 is 36.5. The Morgan fingerprint density at radius 2 is 1.77 bits per heavy atom. The molecule has 2 aromatic carbocycles. The van der Waals surface area contributed by atoms with E-state index in [2.05, 4.69) is 5.32 Å². The van der Waals surface area contributed by atoms with Crippen LogP contribution in [0.1, 0.15) is 15.9 Å². The van der Waals surface area contributed by atoms with Gasteiger partial charge in [-0.05, 0) is 24.3 Å². The average Bonchev–Trinajstić information content (AvgIpc) is 2.53. The van der Waals surface area contributed by atoms with E-state index in [9.17, 15) is 13.6 Å². The Morgan fingerprint density at radius 3 is 2.41 bits per heavy atom. The van der Waals surface area contributed by atoms with E-state index in [0.29, 0.717) is 17.1 Å². The summed E-state index contributed by atoms with van der Waals surface area (Å²) in [4.78, 5) is 12.1. The maximum atomic E-state index is 13.5. The second-order valence-corrected chi connectivity index (χ2v) is 4.49. The van der Waals surface area contributed by atoms with Gasteiger partial charge in [-0.1, -0.05) is 6.07 Å². The fourth-order valence-electron chi connectivity index (χ4n) is 1.92. The van der Waals surface area contributed by atoms with Crippen molar-refractivity contribution in [3.05, 3.63) is 59.2 Å². The summed E-state index contributed by atoms with van der Waals surface area (Å²) in [6.45, 7) is -0.0424. The van der Waals surface area contributed by atoms with Crippen molar-refractivity contribution in [2.45, 2.75) is 6.54 Å². The molecular formula is C16H15F2NO3. The van der Waals surface area contributed by atoms with Crippen molar-refractivity contribution in [1.29, 1.82) is 0 Å². The zero-order valence-electron chi connectivity index (χ0n) is 12.2. The molecule has 0 aliphatic carbocycles. The molecule has 22 heavy (non-hydrogen) atoms. The van der Waals surface area contributed by atoms with Crippen LogP contribution in [-0.4, -0.2) is 20.1 Å². The number of amides is 1. The summed E-state index contributed by atoms with van der Waals surface area (Å²) in [5.41, 5.74) is 0.551. The van der Waals surface area contributed by atoms with E-state index in [0.717, 1.165) is 12.1 Å². The van der Waals surface area contributed by atoms with Crippen LogP contribution < -0.4 is 14.8 Å². The molecule has 0 fully saturated rings. The highest BCUT2D eigenvalue weighted by atomic mass is 19.1. The molecule has 0 radical (unpaired) electrons. The van der Waals surface area contributed by atoms with Gasteiger partial charge in [-0.2, -0.15) is 0 Å². The second-order valence-electron chi connectivity index (χ2n) is 4.49. The summed E-state index contributed by atoms with van der Waals surface area (Å²) >= 11 is 0. The van der Waals surface area contributed by atoms with Crippen molar-refractivity contribution in [2.75, 3.05) is 14.2 Å². The van der Waals surface area contributed by atoms with Crippen LogP contribution in [0.5, 0.6) is 11.5 Å². The fourth-order valence-corrected chi connectivity index (χ4v) is 1.92. The first-order valence-electron chi connectivity index (χ1n) is 6.49. The molecule has 0 aliphatic rings. The van der Waals surface area contributed by atoms with Gasteiger partial charge in [0.25, 0.3) is 5.91 Å². The van der Waals surface area contributed by atoms with E-state index in [1.807, 2.05) is 0 Å². The van der Waals surface area contributed by atoms with Gasteiger partial charge in [-0.15, -0.1) is 0 Å². The molecule has 0 unspecified atom stereocenters. The molecule has 2 aromatic rings. The van der Waals surface area contributed by atoms with Crippen molar-refractivity contribution in [1.82, 2.24) is 5.32 Å². The summed E-state index contributed by atoms with van der Waals surface area (Å²) in [7, 11) is 2.96. The Bertz CT molecular complexity index is 689. The molecule has 0 bridgehead atoms. The maximum Gasteiger partial charge on any atom is 0.251 e. The molecule has 0 heterocycles. The van der Waals surface area contributed by atoms with E-state index in [1.54, 1.807) is 12.1 Å². The summed E-state index contributed by atoms with van der Waals surface area (Å²) in [5, 5.41) is 2.57. The monoisotopic (exact) mass is 307 g/mol. The van der Waals surface area contributed by atoms with Gasteiger partial charge >= 0.3 is 0 Å². The maximum absolute atomic E-state index is 13.5. The van der Waals surface area contributed by atoms with E-state index >= 15 is 0 Å². The van der Waals surface area contributed by atoms with E-state index in [4.69, 9.17) is 9.47 Å². The van der Waals surface area contributed by atoms with Crippen molar-refractivity contribution in [3.63, 3.8) is 0 Å². The Kier molecular flexibility index (Phi) is 4.93. The number of hydrogen-bond acceptors (Lipinski definition) is 3. The van der Waals surface area contributed by atoms with Crippen LogP contribution in [0.4, 0.5) is 8.78 Å². The van der Waals surface area contributed by atoms with Crippen LogP contribution in [0.15, 0.2) is 36.4 Å². The number of rotatable bonds is 5. The van der Waals surface area contributed by atoms with Gasteiger partial charge in [0.1, 0.15) is 11.6 Å². The minimum absolute atomic E-state index is 0.0424. The van der Waals surface area contributed by atoms with Crippen molar-refractivity contribution in [3.8, 4) is 11.5 Å². The van der Waals surface area contributed by atoms with Gasteiger partial charge < -0.3 is 14.8 Å². The molecule has 1 amide bonds. The van der Waals surface area contributed by atoms with Gasteiger partial charge in [0.15, 0.2) is 11.5 Å². The molecule has 4 nitrogen and oxygen atoms in total. The van der Waals surface area contributed by atoms with Crippen LogP contribution in [-0.2, 0) is 6.54 Å². The fraction of sp³-hybridized carbons (Fsp3) is 0.188. The number of halogens is 2. The number of benzene rings is 2. The number of carbonyl (C=O) groups excluding carboxylic acids is 1. The lowest BCUT2D eigenvalue weighted by Gasteiger charge is -2.10. The van der Waals surface area contributed by atoms with Gasteiger partial charge in [0.2, 0.25) is 0 Å². The third-order valence-corrected chi connectivity index (χ3v) is 3.10. The highest BCUT2D eigenvalue weighted by Gasteiger charge is 2.11. The van der Waals surface area contributed by atoms with E-state index in [1.165, 1.54) is 26.4 Å². The minimum atomic E-state index is -0.701. The lowest BCUT2D eigenvalue weighted by atomic mass is 10.1. The van der Waals surface area contributed by atoms with E-state index in [-0.39, 0.29) is 12.1 Å². The topological polar surface area (TPSA) is 47.6 Å². The largest absolute Gasteiger partial charge is 0.493 e. The normalized spacial score (nSPS) is 10.2. The number of methoxy groups -OCH3 is 2. The van der Waals surface area contributed by atoms with Crippen molar-refractivity contribution >= 4 is 5.91 Å². The van der Waals surface area contributed by atoms with Gasteiger partial charge in [0, 0.05) is 23.7 Å². The number of ether oxygens (including phenoxy) is 2. The van der Waals surface area contributed by atoms with Crippen LogP contribution >= 0.6 is 0 Å². The molecule has 0 spiro atoms. The van der Waals surface area contributed by atoms with Crippen molar-refractivity contribution < 1.29 is 23.0 Å². The lowest BCUT2D eigenvalue weighted by molar-refractivity contribution is 0.0950.